The molecule has 1 saturated heterocycles. The Bertz CT molecular complexity index is 409. The van der Waals surface area contributed by atoms with Crippen LogP contribution >= 0.6 is 0 Å². The third kappa shape index (κ3) is 1.77. The maximum absolute atomic E-state index is 12.6. The first kappa shape index (κ1) is 14.3. The van der Waals surface area contributed by atoms with E-state index in [0.29, 0.717) is 6.61 Å². The molecular formula is C13H22N2O4. The normalized spacial score (nSPS) is 35.2. The van der Waals surface area contributed by atoms with Gasteiger partial charge < -0.3 is 20.1 Å². The van der Waals surface area contributed by atoms with Crippen molar-refractivity contribution in [2.24, 2.45) is 17.1 Å². The van der Waals surface area contributed by atoms with E-state index in [0.717, 1.165) is 6.42 Å². The Balaban J connectivity index is 2.16. The minimum Gasteiger partial charge on any atom is -0.468 e. The van der Waals surface area contributed by atoms with E-state index in [9.17, 15) is 9.59 Å². The topological polar surface area (TPSA) is 81.9 Å². The summed E-state index contributed by atoms with van der Waals surface area (Å²) in [5, 5.41) is 0. The first-order valence-corrected chi connectivity index (χ1v) is 6.49. The molecule has 2 fully saturated rings. The van der Waals surface area contributed by atoms with Crippen LogP contribution in [-0.2, 0) is 19.1 Å². The van der Waals surface area contributed by atoms with E-state index in [1.54, 1.807) is 7.05 Å². The second-order valence-corrected chi connectivity index (χ2v) is 6.01. The van der Waals surface area contributed by atoms with Crippen molar-refractivity contribution in [3.63, 3.8) is 0 Å². The Labute approximate surface area is 113 Å². The van der Waals surface area contributed by atoms with Crippen molar-refractivity contribution in [2.75, 3.05) is 27.3 Å². The van der Waals surface area contributed by atoms with Crippen LogP contribution in [-0.4, -0.2) is 55.7 Å². The molecule has 6 nitrogen and oxygen atoms in total. The average molecular weight is 270 g/mol. The fraction of sp³-hybridized carbons (Fsp3) is 0.846. The number of amides is 1. The molecule has 0 bridgehead atoms. The molecule has 1 aliphatic heterocycles. The molecule has 1 heterocycles. The number of esters is 1. The Hall–Kier alpha value is -1.14. The third-order valence-corrected chi connectivity index (χ3v) is 4.75. The van der Waals surface area contributed by atoms with Crippen LogP contribution in [0.15, 0.2) is 0 Å². The standard InChI is InChI=1S/C13H22N2O4/c1-12(2)10-8(5-6-19-10)13(12,14)11(17)15(3)7-9(16)18-4/h8,10H,5-7,14H2,1-4H3. The van der Waals surface area contributed by atoms with Gasteiger partial charge in [-0.3, -0.25) is 9.59 Å². The summed E-state index contributed by atoms with van der Waals surface area (Å²) >= 11 is 0. The van der Waals surface area contributed by atoms with Gasteiger partial charge in [-0.05, 0) is 6.42 Å². The minimum absolute atomic E-state index is 0.0352. The second kappa shape index (κ2) is 4.45. The molecule has 1 saturated carbocycles. The minimum atomic E-state index is -0.961. The number of methoxy groups -OCH3 is 1. The lowest BCUT2D eigenvalue weighted by atomic mass is 9.47. The zero-order valence-corrected chi connectivity index (χ0v) is 11.9. The molecule has 2 rings (SSSR count). The summed E-state index contributed by atoms with van der Waals surface area (Å²) in [6, 6.07) is 0. The van der Waals surface area contributed by atoms with Gasteiger partial charge in [0.1, 0.15) is 12.1 Å². The summed E-state index contributed by atoms with van der Waals surface area (Å²) in [6.07, 6.45) is 0.829. The molecule has 0 spiro atoms. The summed E-state index contributed by atoms with van der Waals surface area (Å²) in [4.78, 5) is 25.2. The highest BCUT2D eigenvalue weighted by atomic mass is 16.5. The molecule has 0 radical (unpaired) electrons. The van der Waals surface area contributed by atoms with E-state index >= 15 is 0 Å². The highest BCUT2D eigenvalue weighted by Crippen LogP contribution is 2.58. The lowest BCUT2D eigenvalue weighted by Crippen LogP contribution is -2.80. The fourth-order valence-electron chi connectivity index (χ4n) is 3.46. The van der Waals surface area contributed by atoms with Crippen molar-refractivity contribution >= 4 is 11.9 Å². The van der Waals surface area contributed by atoms with Gasteiger partial charge in [0.15, 0.2) is 0 Å². The van der Waals surface area contributed by atoms with Gasteiger partial charge >= 0.3 is 5.97 Å². The highest BCUT2D eigenvalue weighted by Gasteiger charge is 2.71. The van der Waals surface area contributed by atoms with Crippen LogP contribution in [0.25, 0.3) is 0 Å². The zero-order chi connectivity index (χ0) is 14.4. The third-order valence-electron chi connectivity index (χ3n) is 4.75. The largest absolute Gasteiger partial charge is 0.468 e. The Morgan fingerprint density at radius 1 is 1.47 bits per heavy atom. The summed E-state index contributed by atoms with van der Waals surface area (Å²) in [5.41, 5.74) is 5.02. The van der Waals surface area contributed by atoms with E-state index < -0.39 is 16.9 Å². The number of carbonyl (C=O) groups is 2. The maximum Gasteiger partial charge on any atom is 0.325 e. The predicted octanol–water partition coefficient (Wildman–Crippen LogP) is -0.240. The number of carbonyl (C=O) groups excluding carboxylic acids is 2. The molecule has 19 heavy (non-hydrogen) atoms. The molecule has 0 aromatic heterocycles. The Kier molecular flexibility index (Phi) is 3.35. The molecule has 108 valence electrons. The van der Waals surface area contributed by atoms with Crippen molar-refractivity contribution in [3.8, 4) is 0 Å². The smallest absolute Gasteiger partial charge is 0.325 e. The van der Waals surface area contributed by atoms with Crippen molar-refractivity contribution < 1.29 is 19.1 Å². The molecule has 1 aliphatic carbocycles. The number of ether oxygens (including phenoxy) is 2. The first-order valence-electron chi connectivity index (χ1n) is 6.49. The van der Waals surface area contributed by atoms with Crippen LogP contribution in [0, 0.1) is 11.3 Å². The van der Waals surface area contributed by atoms with Crippen LogP contribution in [0.2, 0.25) is 0 Å². The van der Waals surface area contributed by atoms with Crippen LogP contribution in [0.4, 0.5) is 0 Å². The molecule has 2 N–H and O–H groups in total. The molecule has 6 heteroatoms. The number of hydrogen-bond acceptors (Lipinski definition) is 5. The monoisotopic (exact) mass is 270 g/mol. The summed E-state index contributed by atoms with van der Waals surface area (Å²) in [5.74, 6) is -0.624. The van der Waals surface area contributed by atoms with Crippen LogP contribution < -0.4 is 5.73 Å². The van der Waals surface area contributed by atoms with Gasteiger partial charge in [0.05, 0.1) is 13.2 Å². The van der Waals surface area contributed by atoms with Crippen molar-refractivity contribution in [2.45, 2.75) is 31.9 Å². The lowest BCUT2D eigenvalue weighted by Gasteiger charge is -2.61. The molecular weight excluding hydrogens is 248 g/mol. The van der Waals surface area contributed by atoms with Crippen molar-refractivity contribution in [3.05, 3.63) is 0 Å². The number of hydrogen-bond donors (Lipinski definition) is 1. The lowest BCUT2D eigenvalue weighted by molar-refractivity contribution is -0.184. The molecule has 0 aromatic rings. The molecule has 3 unspecified atom stereocenters. The Morgan fingerprint density at radius 2 is 2.11 bits per heavy atom. The van der Waals surface area contributed by atoms with Gasteiger partial charge in [-0.25, -0.2) is 0 Å². The summed E-state index contributed by atoms with van der Waals surface area (Å²) in [6.45, 7) is 4.46. The van der Waals surface area contributed by atoms with Gasteiger partial charge in [-0.15, -0.1) is 0 Å². The van der Waals surface area contributed by atoms with Gasteiger partial charge in [0.2, 0.25) is 5.91 Å². The fourth-order valence-corrected chi connectivity index (χ4v) is 3.46. The van der Waals surface area contributed by atoms with E-state index in [1.165, 1.54) is 12.0 Å². The number of likely N-dealkylation sites (N-methyl/N-ethyl adjacent to an activating group) is 1. The van der Waals surface area contributed by atoms with E-state index in [1.807, 2.05) is 13.8 Å². The van der Waals surface area contributed by atoms with Crippen molar-refractivity contribution in [1.82, 2.24) is 4.90 Å². The van der Waals surface area contributed by atoms with Crippen LogP contribution in [0.5, 0.6) is 0 Å². The predicted molar refractivity (Wildman–Crippen MR) is 68.2 cm³/mol. The SMILES string of the molecule is COC(=O)CN(C)C(=O)C1(N)C2CCOC2C1(C)C. The quantitative estimate of drug-likeness (QED) is 0.716. The van der Waals surface area contributed by atoms with E-state index in [4.69, 9.17) is 10.5 Å². The van der Waals surface area contributed by atoms with Gasteiger partial charge in [0.25, 0.3) is 0 Å². The molecule has 1 amide bonds. The summed E-state index contributed by atoms with van der Waals surface area (Å²) in [7, 11) is 2.88. The molecule has 3 atom stereocenters. The first-order chi connectivity index (χ1) is 8.76. The number of nitrogens with zero attached hydrogens (tertiary/aromatic N) is 1. The summed E-state index contributed by atoms with van der Waals surface area (Å²) < 4.78 is 10.2. The number of rotatable bonds is 3. The highest BCUT2D eigenvalue weighted by molar-refractivity contribution is 5.91. The molecule has 0 aromatic carbocycles. The zero-order valence-electron chi connectivity index (χ0n) is 11.9. The second-order valence-electron chi connectivity index (χ2n) is 6.01. The van der Waals surface area contributed by atoms with Crippen LogP contribution in [0.1, 0.15) is 20.3 Å². The van der Waals surface area contributed by atoms with Gasteiger partial charge in [-0.2, -0.15) is 0 Å². The average Bonchev–Trinajstić information content (AvgIpc) is 2.84. The van der Waals surface area contributed by atoms with Crippen molar-refractivity contribution in [1.29, 1.82) is 0 Å². The number of nitrogens with two attached hydrogens (primary N) is 1. The maximum atomic E-state index is 12.6. The van der Waals surface area contributed by atoms with Gasteiger partial charge in [-0.1, -0.05) is 13.8 Å². The van der Waals surface area contributed by atoms with E-state index in [-0.39, 0.29) is 24.5 Å². The molecule has 2 aliphatic rings. The number of fused-ring (bicyclic) bond motifs is 1. The van der Waals surface area contributed by atoms with Gasteiger partial charge in [0, 0.05) is 25.0 Å². The Morgan fingerprint density at radius 3 is 2.68 bits per heavy atom. The van der Waals surface area contributed by atoms with E-state index in [2.05, 4.69) is 4.74 Å². The van der Waals surface area contributed by atoms with Crippen LogP contribution in [0.3, 0.4) is 0 Å².